The van der Waals surface area contributed by atoms with Gasteiger partial charge in [-0.05, 0) is 19.8 Å². The molecule has 0 heterocycles. The third-order valence-corrected chi connectivity index (χ3v) is 2.71. The Kier molecular flexibility index (Phi) is 7.48. The molecule has 0 saturated carbocycles. The first-order valence-electron chi connectivity index (χ1n) is 5.65. The summed E-state index contributed by atoms with van der Waals surface area (Å²) < 4.78 is 0. The highest BCUT2D eigenvalue weighted by Crippen LogP contribution is 2.11. The van der Waals surface area contributed by atoms with Crippen LogP contribution in [0.3, 0.4) is 0 Å². The van der Waals surface area contributed by atoms with E-state index < -0.39 is 0 Å². The summed E-state index contributed by atoms with van der Waals surface area (Å²) >= 11 is 0. The molecule has 0 bridgehead atoms. The van der Waals surface area contributed by atoms with Crippen molar-refractivity contribution in [3.05, 3.63) is 0 Å². The van der Waals surface area contributed by atoms with Crippen LogP contribution in [0.1, 0.15) is 40.5 Å². The standard InChI is InChI=1S/C11H24N2O/c1-5-10(6-2)9(4)13-8-11(14)12-7-3/h9-10,13H,5-8H2,1-4H3,(H,12,14). The van der Waals surface area contributed by atoms with Crippen molar-refractivity contribution in [2.24, 2.45) is 5.92 Å². The summed E-state index contributed by atoms with van der Waals surface area (Å²) in [4.78, 5) is 11.2. The Morgan fingerprint density at radius 1 is 1.21 bits per heavy atom. The molecule has 0 fully saturated rings. The van der Waals surface area contributed by atoms with Crippen LogP contribution in [-0.2, 0) is 4.79 Å². The average molecular weight is 200 g/mol. The van der Waals surface area contributed by atoms with Gasteiger partial charge in [-0.2, -0.15) is 0 Å². The molecule has 0 aromatic heterocycles. The van der Waals surface area contributed by atoms with Crippen molar-refractivity contribution in [1.29, 1.82) is 0 Å². The molecule has 0 aliphatic heterocycles. The van der Waals surface area contributed by atoms with Gasteiger partial charge in [-0.1, -0.05) is 26.7 Å². The number of carbonyl (C=O) groups is 1. The van der Waals surface area contributed by atoms with Crippen LogP contribution in [0.5, 0.6) is 0 Å². The van der Waals surface area contributed by atoms with Gasteiger partial charge in [-0.3, -0.25) is 4.79 Å². The largest absolute Gasteiger partial charge is 0.355 e. The molecule has 0 saturated heterocycles. The number of carbonyl (C=O) groups excluding carboxylic acids is 1. The fraction of sp³-hybridized carbons (Fsp3) is 0.909. The highest BCUT2D eigenvalue weighted by molar-refractivity contribution is 5.77. The maximum absolute atomic E-state index is 11.2. The third kappa shape index (κ3) is 5.22. The average Bonchev–Trinajstić information content (AvgIpc) is 2.17. The zero-order chi connectivity index (χ0) is 11.0. The lowest BCUT2D eigenvalue weighted by Gasteiger charge is -2.22. The number of rotatable bonds is 7. The minimum atomic E-state index is 0.0882. The minimum absolute atomic E-state index is 0.0882. The second kappa shape index (κ2) is 7.80. The molecule has 1 atom stereocenters. The molecule has 0 aromatic rings. The molecule has 84 valence electrons. The Morgan fingerprint density at radius 3 is 2.21 bits per heavy atom. The van der Waals surface area contributed by atoms with Gasteiger partial charge < -0.3 is 10.6 Å². The lowest BCUT2D eigenvalue weighted by Crippen LogP contribution is -2.40. The van der Waals surface area contributed by atoms with Gasteiger partial charge >= 0.3 is 0 Å². The van der Waals surface area contributed by atoms with Gasteiger partial charge in [0.1, 0.15) is 0 Å². The topological polar surface area (TPSA) is 41.1 Å². The molecule has 3 heteroatoms. The molecule has 0 aliphatic rings. The zero-order valence-electron chi connectivity index (χ0n) is 9.89. The Morgan fingerprint density at radius 2 is 1.79 bits per heavy atom. The van der Waals surface area contributed by atoms with Crippen LogP contribution in [0, 0.1) is 5.92 Å². The summed E-state index contributed by atoms with van der Waals surface area (Å²) in [6, 6.07) is 0.424. The van der Waals surface area contributed by atoms with Crippen LogP contribution in [0.4, 0.5) is 0 Å². The van der Waals surface area contributed by atoms with Crippen molar-refractivity contribution in [3.8, 4) is 0 Å². The predicted octanol–water partition coefficient (Wildman–Crippen LogP) is 1.54. The molecular weight excluding hydrogens is 176 g/mol. The highest BCUT2D eigenvalue weighted by atomic mass is 16.1. The Balaban J connectivity index is 3.71. The van der Waals surface area contributed by atoms with Crippen molar-refractivity contribution >= 4 is 5.91 Å². The SMILES string of the molecule is CCNC(=O)CNC(C)C(CC)CC. The molecule has 0 radical (unpaired) electrons. The second-order valence-electron chi connectivity index (χ2n) is 3.70. The Labute approximate surface area is 87.6 Å². The molecule has 0 aromatic carbocycles. The number of amides is 1. The molecule has 3 nitrogen and oxygen atoms in total. The molecule has 1 unspecified atom stereocenters. The molecule has 0 rings (SSSR count). The minimum Gasteiger partial charge on any atom is -0.355 e. The Hall–Kier alpha value is -0.570. The number of hydrogen-bond donors (Lipinski definition) is 2. The lowest BCUT2D eigenvalue weighted by molar-refractivity contribution is -0.120. The smallest absolute Gasteiger partial charge is 0.233 e. The summed E-state index contributed by atoms with van der Waals surface area (Å²) in [5.41, 5.74) is 0. The first-order valence-corrected chi connectivity index (χ1v) is 5.65. The summed E-state index contributed by atoms with van der Waals surface area (Å²) in [5.74, 6) is 0.759. The van der Waals surface area contributed by atoms with E-state index in [4.69, 9.17) is 0 Å². The van der Waals surface area contributed by atoms with E-state index in [1.165, 1.54) is 12.8 Å². The van der Waals surface area contributed by atoms with Gasteiger partial charge in [0.25, 0.3) is 0 Å². The van der Waals surface area contributed by atoms with E-state index in [0.717, 1.165) is 0 Å². The molecule has 2 N–H and O–H groups in total. The summed E-state index contributed by atoms with van der Waals surface area (Å²) in [5, 5.41) is 6.03. The van der Waals surface area contributed by atoms with E-state index >= 15 is 0 Å². The molecule has 0 aliphatic carbocycles. The van der Waals surface area contributed by atoms with E-state index in [1.807, 2.05) is 6.92 Å². The fourth-order valence-electron chi connectivity index (χ4n) is 1.68. The highest BCUT2D eigenvalue weighted by Gasteiger charge is 2.13. The summed E-state index contributed by atoms with van der Waals surface area (Å²) in [7, 11) is 0. The number of hydrogen-bond acceptors (Lipinski definition) is 2. The second-order valence-corrected chi connectivity index (χ2v) is 3.70. The van der Waals surface area contributed by atoms with Crippen molar-refractivity contribution in [1.82, 2.24) is 10.6 Å². The zero-order valence-corrected chi connectivity index (χ0v) is 9.89. The number of nitrogens with one attached hydrogen (secondary N) is 2. The normalized spacial score (nSPS) is 12.9. The van der Waals surface area contributed by atoms with E-state index in [2.05, 4.69) is 31.4 Å². The summed E-state index contributed by atoms with van der Waals surface area (Å²) in [6.45, 7) is 9.61. The van der Waals surface area contributed by atoms with Crippen molar-refractivity contribution < 1.29 is 4.79 Å². The van der Waals surface area contributed by atoms with E-state index in [1.54, 1.807) is 0 Å². The van der Waals surface area contributed by atoms with Crippen LogP contribution >= 0.6 is 0 Å². The monoisotopic (exact) mass is 200 g/mol. The fourth-order valence-corrected chi connectivity index (χ4v) is 1.68. The molecule has 14 heavy (non-hydrogen) atoms. The Bertz CT molecular complexity index is 155. The molecule has 1 amide bonds. The number of likely N-dealkylation sites (N-methyl/N-ethyl adjacent to an activating group) is 1. The van der Waals surface area contributed by atoms with E-state index in [0.29, 0.717) is 25.0 Å². The molecule has 0 spiro atoms. The lowest BCUT2D eigenvalue weighted by atomic mass is 9.95. The van der Waals surface area contributed by atoms with Crippen molar-refractivity contribution in [3.63, 3.8) is 0 Å². The predicted molar refractivity (Wildman–Crippen MR) is 60.2 cm³/mol. The van der Waals surface area contributed by atoms with Gasteiger partial charge in [0.2, 0.25) is 5.91 Å². The van der Waals surface area contributed by atoms with Crippen LogP contribution in [0.25, 0.3) is 0 Å². The van der Waals surface area contributed by atoms with Gasteiger partial charge in [0.05, 0.1) is 6.54 Å². The first kappa shape index (κ1) is 13.4. The van der Waals surface area contributed by atoms with Gasteiger partial charge in [-0.15, -0.1) is 0 Å². The van der Waals surface area contributed by atoms with Gasteiger partial charge in [0, 0.05) is 12.6 Å². The maximum atomic E-state index is 11.2. The van der Waals surface area contributed by atoms with Crippen LogP contribution in [0.15, 0.2) is 0 Å². The van der Waals surface area contributed by atoms with Crippen LogP contribution in [0.2, 0.25) is 0 Å². The van der Waals surface area contributed by atoms with E-state index in [9.17, 15) is 4.79 Å². The van der Waals surface area contributed by atoms with Gasteiger partial charge in [-0.25, -0.2) is 0 Å². The first-order chi connectivity index (χ1) is 6.65. The van der Waals surface area contributed by atoms with Crippen molar-refractivity contribution in [2.75, 3.05) is 13.1 Å². The summed E-state index contributed by atoms with van der Waals surface area (Å²) in [6.07, 6.45) is 2.33. The molecular formula is C11H24N2O. The van der Waals surface area contributed by atoms with Crippen LogP contribution < -0.4 is 10.6 Å². The third-order valence-electron chi connectivity index (χ3n) is 2.71. The van der Waals surface area contributed by atoms with Gasteiger partial charge in [0.15, 0.2) is 0 Å². The van der Waals surface area contributed by atoms with E-state index in [-0.39, 0.29) is 5.91 Å². The maximum Gasteiger partial charge on any atom is 0.233 e. The van der Waals surface area contributed by atoms with Crippen molar-refractivity contribution in [2.45, 2.75) is 46.6 Å². The quantitative estimate of drug-likeness (QED) is 0.654. The van der Waals surface area contributed by atoms with Crippen LogP contribution in [-0.4, -0.2) is 25.0 Å².